The molecule has 0 heterocycles. The summed E-state index contributed by atoms with van der Waals surface area (Å²) >= 11 is 0. The van der Waals surface area contributed by atoms with Crippen molar-refractivity contribution in [3.8, 4) is 0 Å². The van der Waals surface area contributed by atoms with Gasteiger partial charge in [0, 0.05) is 19.4 Å². The van der Waals surface area contributed by atoms with Crippen LogP contribution in [0.3, 0.4) is 0 Å². The van der Waals surface area contributed by atoms with Crippen LogP contribution < -0.4 is 0 Å². The maximum atomic E-state index is 12.8. The quantitative estimate of drug-likeness (QED) is 0.0348. The Bertz CT molecular complexity index is 1010. The second kappa shape index (κ2) is 49.0. The molecular formula is C53H94O5. The third-order valence-electron chi connectivity index (χ3n) is 10.5. The lowest BCUT2D eigenvalue weighted by atomic mass is 10.0. The molecule has 0 bridgehead atoms. The van der Waals surface area contributed by atoms with Gasteiger partial charge < -0.3 is 14.2 Å². The van der Waals surface area contributed by atoms with Gasteiger partial charge in [-0.1, -0.05) is 204 Å². The van der Waals surface area contributed by atoms with E-state index in [0.717, 1.165) is 83.5 Å². The number of allylic oxidation sites excluding steroid dienone is 10. The van der Waals surface area contributed by atoms with Crippen LogP contribution in [0.25, 0.3) is 0 Å². The van der Waals surface area contributed by atoms with Gasteiger partial charge in [-0.2, -0.15) is 0 Å². The monoisotopic (exact) mass is 811 g/mol. The van der Waals surface area contributed by atoms with Gasteiger partial charge in [-0.25, -0.2) is 0 Å². The zero-order valence-corrected chi connectivity index (χ0v) is 38.6. The molecule has 0 aromatic heterocycles. The number of ether oxygens (including phenoxy) is 3. The summed E-state index contributed by atoms with van der Waals surface area (Å²) in [6, 6.07) is 0. The first-order valence-electron chi connectivity index (χ1n) is 24.8. The molecule has 0 aliphatic heterocycles. The van der Waals surface area contributed by atoms with Gasteiger partial charge in [0.1, 0.15) is 6.61 Å². The molecule has 0 aliphatic rings. The summed E-state index contributed by atoms with van der Waals surface area (Å²) in [6.07, 6.45) is 60.8. The second-order valence-electron chi connectivity index (χ2n) is 16.3. The lowest BCUT2D eigenvalue weighted by Gasteiger charge is -2.18. The molecule has 5 heteroatoms. The van der Waals surface area contributed by atoms with E-state index < -0.39 is 6.10 Å². The molecule has 58 heavy (non-hydrogen) atoms. The van der Waals surface area contributed by atoms with Crippen molar-refractivity contribution in [1.29, 1.82) is 0 Å². The highest BCUT2D eigenvalue weighted by Crippen LogP contribution is 2.14. The molecule has 0 spiro atoms. The van der Waals surface area contributed by atoms with E-state index in [1.807, 2.05) is 0 Å². The average molecular weight is 811 g/mol. The highest BCUT2D eigenvalue weighted by molar-refractivity contribution is 5.70. The van der Waals surface area contributed by atoms with E-state index in [0.29, 0.717) is 19.4 Å². The van der Waals surface area contributed by atoms with Gasteiger partial charge in [0.05, 0.1) is 6.61 Å². The molecule has 1 atom stereocenters. The van der Waals surface area contributed by atoms with Crippen molar-refractivity contribution in [1.82, 2.24) is 0 Å². The van der Waals surface area contributed by atoms with Crippen LogP contribution in [0.2, 0.25) is 0 Å². The van der Waals surface area contributed by atoms with Crippen molar-refractivity contribution in [3.05, 3.63) is 60.8 Å². The molecule has 0 aromatic carbocycles. The lowest BCUT2D eigenvalue weighted by molar-refractivity contribution is -0.163. The summed E-state index contributed by atoms with van der Waals surface area (Å²) < 4.78 is 17.3. The topological polar surface area (TPSA) is 61.8 Å². The molecule has 0 saturated carbocycles. The first-order chi connectivity index (χ1) is 28.6. The lowest BCUT2D eigenvalue weighted by Crippen LogP contribution is -2.30. The first kappa shape index (κ1) is 55.6. The third-order valence-corrected chi connectivity index (χ3v) is 10.5. The minimum atomic E-state index is -0.551. The summed E-state index contributed by atoms with van der Waals surface area (Å²) in [5.74, 6) is -0.421. The number of esters is 2. The van der Waals surface area contributed by atoms with E-state index in [4.69, 9.17) is 14.2 Å². The Balaban J connectivity index is 4.31. The van der Waals surface area contributed by atoms with Crippen LogP contribution in [0.4, 0.5) is 0 Å². The summed E-state index contributed by atoms with van der Waals surface area (Å²) in [5.41, 5.74) is 0. The van der Waals surface area contributed by atoms with Gasteiger partial charge >= 0.3 is 11.9 Å². The molecule has 0 amide bonds. The van der Waals surface area contributed by atoms with Crippen molar-refractivity contribution in [2.45, 2.75) is 245 Å². The first-order valence-corrected chi connectivity index (χ1v) is 24.8. The Morgan fingerprint density at radius 1 is 0.397 bits per heavy atom. The van der Waals surface area contributed by atoms with Gasteiger partial charge in [0.2, 0.25) is 0 Å². The number of hydrogen-bond acceptors (Lipinski definition) is 5. The third kappa shape index (κ3) is 46.3. The molecule has 0 aliphatic carbocycles. The van der Waals surface area contributed by atoms with Crippen LogP contribution in [0.5, 0.6) is 0 Å². The number of rotatable bonds is 45. The maximum Gasteiger partial charge on any atom is 0.306 e. The zero-order chi connectivity index (χ0) is 42.1. The van der Waals surface area contributed by atoms with Crippen molar-refractivity contribution in [3.63, 3.8) is 0 Å². The van der Waals surface area contributed by atoms with E-state index in [1.54, 1.807) is 0 Å². The Morgan fingerprint density at radius 3 is 1.28 bits per heavy atom. The highest BCUT2D eigenvalue weighted by Gasteiger charge is 2.17. The normalized spacial score (nSPS) is 12.7. The van der Waals surface area contributed by atoms with Gasteiger partial charge in [-0.3, -0.25) is 9.59 Å². The molecule has 0 saturated heterocycles. The highest BCUT2D eigenvalue weighted by atomic mass is 16.6. The fraction of sp³-hybridized carbons (Fsp3) is 0.774. The SMILES string of the molecule is CC/C=C\C/C=C\C/C=C\CCCCCCOCC(COC(=O)CCCCCCC/C=C\C/C=C\CCCCC)OC(=O)CCCCCCCCCCCCCCC. The molecule has 5 nitrogen and oxygen atoms in total. The largest absolute Gasteiger partial charge is 0.462 e. The minimum absolute atomic E-state index is 0.0698. The Kier molecular flexibility index (Phi) is 46.9. The van der Waals surface area contributed by atoms with E-state index in [2.05, 4.69) is 81.5 Å². The zero-order valence-electron chi connectivity index (χ0n) is 38.6. The average Bonchev–Trinajstić information content (AvgIpc) is 3.22. The summed E-state index contributed by atoms with van der Waals surface area (Å²) in [6.45, 7) is 7.64. The van der Waals surface area contributed by atoms with E-state index in [1.165, 1.54) is 122 Å². The van der Waals surface area contributed by atoms with Gasteiger partial charge in [-0.15, -0.1) is 0 Å². The number of unbranched alkanes of at least 4 members (excludes halogenated alkanes) is 24. The Hall–Kier alpha value is -2.40. The molecule has 0 N–H and O–H groups in total. The van der Waals surface area contributed by atoms with E-state index >= 15 is 0 Å². The molecule has 0 radical (unpaired) electrons. The van der Waals surface area contributed by atoms with E-state index in [9.17, 15) is 9.59 Å². The summed E-state index contributed by atoms with van der Waals surface area (Å²) in [5, 5.41) is 0. The van der Waals surface area contributed by atoms with E-state index in [-0.39, 0.29) is 25.2 Å². The Morgan fingerprint density at radius 2 is 0.776 bits per heavy atom. The fourth-order valence-electron chi connectivity index (χ4n) is 6.85. The van der Waals surface area contributed by atoms with Crippen LogP contribution in [0.15, 0.2) is 60.8 Å². The standard InChI is InChI=1S/C53H94O5/c1-4-7-10-13-16-19-22-25-27-29-31-34-37-40-43-46-52(54)57-50-51(49-56-48-45-42-39-36-33-30-26-23-20-17-14-11-8-5-2)58-53(55)47-44-41-38-35-32-28-24-21-18-15-12-9-6-3/h8,11,16-17,19-20,25-27,30,51H,4-7,9-10,12-15,18,21-24,28-29,31-50H2,1-3H3/b11-8-,19-16-,20-17-,27-25-,30-26-. The number of carbonyl (C=O) groups is 2. The fourth-order valence-corrected chi connectivity index (χ4v) is 6.85. The smallest absolute Gasteiger partial charge is 0.306 e. The van der Waals surface area contributed by atoms with Gasteiger partial charge in [-0.05, 0) is 83.5 Å². The molecular weight excluding hydrogens is 717 g/mol. The maximum absolute atomic E-state index is 12.8. The second-order valence-corrected chi connectivity index (χ2v) is 16.3. The molecule has 1 unspecified atom stereocenters. The van der Waals surface area contributed by atoms with Crippen molar-refractivity contribution < 1.29 is 23.8 Å². The van der Waals surface area contributed by atoms with Crippen molar-refractivity contribution in [2.75, 3.05) is 19.8 Å². The van der Waals surface area contributed by atoms with Crippen molar-refractivity contribution >= 4 is 11.9 Å². The minimum Gasteiger partial charge on any atom is -0.462 e. The predicted molar refractivity (Wildman–Crippen MR) is 251 cm³/mol. The molecule has 336 valence electrons. The van der Waals surface area contributed by atoms with Crippen LogP contribution in [-0.4, -0.2) is 37.9 Å². The van der Waals surface area contributed by atoms with Crippen LogP contribution >= 0.6 is 0 Å². The molecule has 0 rings (SSSR count). The van der Waals surface area contributed by atoms with Gasteiger partial charge in [0.25, 0.3) is 0 Å². The predicted octanol–water partition coefficient (Wildman–Crippen LogP) is 16.6. The van der Waals surface area contributed by atoms with Gasteiger partial charge in [0.15, 0.2) is 6.10 Å². The van der Waals surface area contributed by atoms with Crippen LogP contribution in [0.1, 0.15) is 239 Å². The molecule has 0 aromatic rings. The van der Waals surface area contributed by atoms with Crippen molar-refractivity contribution in [2.24, 2.45) is 0 Å². The summed E-state index contributed by atoms with van der Waals surface area (Å²) in [4.78, 5) is 25.3. The molecule has 0 fully saturated rings. The van der Waals surface area contributed by atoms with Crippen LogP contribution in [0, 0.1) is 0 Å². The Labute approximate surface area is 360 Å². The summed E-state index contributed by atoms with van der Waals surface area (Å²) in [7, 11) is 0. The number of carbonyl (C=O) groups excluding carboxylic acids is 2. The number of hydrogen-bond donors (Lipinski definition) is 0. The van der Waals surface area contributed by atoms with Crippen LogP contribution in [-0.2, 0) is 23.8 Å².